The molecule has 2 aliphatic heterocycles. The lowest BCUT2D eigenvalue weighted by molar-refractivity contribution is -0.127. The van der Waals surface area contributed by atoms with E-state index in [0.717, 1.165) is 32.1 Å². The van der Waals surface area contributed by atoms with Crippen LogP contribution >= 0.6 is 0 Å². The van der Waals surface area contributed by atoms with E-state index in [9.17, 15) is 9.59 Å². The van der Waals surface area contributed by atoms with E-state index in [1.165, 1.54) is 0 Å². The largest absolute Gasteiger partial charge is 0.446 e. The van der Waals surface area contributed by atoms with E-state index < -0.39 is 0 Å². The first-order valence-corrected chi connectivity index (χ1v) is 7.12. The highest BCUT2D eigenvalue weighted by molar-refractivity contribution is 5.83. The average molecular weight is 253 g/mol. The van der Waals surface area contributed by atoms with Gasteiger partial charge < -0.3 is 9.64 Å². The highest BCUT2D eigenvalue weighted by Gasteiger charge is 2.42. The summed E-state index contributed by atoms with van der Waals surface area (Å²) in [5.74, 6) is 0.305. The van der Waals surface area contributed by atoms with Gasteiger partial charge in [-0.05, 0) is 13.3 Å². The molecule has 2 aliphatic rings. The molecule has 0 saturated carbocycles. The second kappa shape index (κ2) is 5.72. The van der Waals surface area contributed by atoms with Crippen molar-refractivity contribution in [1.82, 2.24) is 4.90 Å². The van der Waals surface area contributed by atoms with Crippen LogP contribution in [0.15, 0.2) is 0 Å². The lowest BCUT2D eigenvalue weighted by Crippen LogP contribution is -2.57. The summed E-state index contributed by atoms with van der Waals surface area (Å²) in [6, 6.07) is 0.150. The van der Waals surface area contributed by atoms with Crippen molar-refractivity contribution in [2.45, 2.75) is 77.0 Å². The van der Waals surface area contributed by atoms with Crippen LogP contribution in [0.2, 0.25) is 0 Å². The van der Waals surface area contributed by atoms with Crippen molar-refractivity contribution in [3.8, 4) is 0 Å². The van der Waals surface area contributed by atoms with Crippen LogP contribution in [0.25, 0.3) is 0 Å². The summed E-state index contributed by atoms with van der Waals surface area (Å²) in [7, 11) is 0. The molecule has 18 heavy (non-hydrogen) atoms. The molecule has 4 heteroatoms. The highest BCUT2D eigenvalue weighted by atomic mass is 16.6. The van der Waals surface area contributed by atoms with Crippen LogP contribution in [0, 0.1) is 0 Å². The van der Waals surface area contributed by atoms with E-state index in [4.69, 9.17) is 4.74 Å². The SMILES string of the molecule is CCCCC[C@H]1CC(=O)C[C@@H]2C[C@H](C)OC(=O)N21. The predicted molar refractivity (Wildman–Crippen MR) is 68.4 cm³/mol. The van der Waals surface area contributed by atoms with Crippen LogP contribution in [0.1, 0.15) is 58.8 Å². The Kier molecular flexibility index (Phi) is 4.25. The fourth-order valence-corrected chi connectivity index (χ4v) is 3.13. The summed E-state index contributed by atoms with van der Waals surface area (Å²) < 4.78 is 5.30. The summed E-state index contributed by atoms with van der Waals surface area (Å²) in [6.45, 7) is 4.06. The maximum absolute atomic E-state index is 12.0. The molecule has 0 radical (unpaired) electrons. The van der Waals surface area contributed by atoms with E-state index in [0.29, 0.717) is 18.6 Å². The third kappa shape index (κ3) is 2.85. The summed E-state index contributed by atoms with van der Waals surface area (Å²) >= 11 is 0. The van der Waals surface area contributed by atoms with E-state index in [2.05, 4.69) is 6.92 Å². The van der Waals surface area contributed by atoms with Gasteiger partial charge in [0, 0.05) is 31.3 Å². The second-order valence-corrected chi connectivity index (χ2v) is 5.59. The fourth-order valence-electron chi connectivity index (χ4n) is 3.13. The summed E-state index contributed by atoms with van der Waals surface area (Å²) in [5.41, 5.74) is 0. The molecule has 3 atom stereocenters. The quantitative estimate of drug-likeness (QED) is 0.724. The smallest absolute Gasteiger partial charge is 0.410 e. The Morgan fingerprint density at radius 3 is 2.78 bits per heavy atom. The van der Waals surface area contributed by atoms with Gasteiger partial charge in [-0.15, -0.1) is 0 Å². The molecule has 0 N–H and O–H groups in total. The van der Waals surface area contributed by atoms with Crippen LogP contribution in [-0.4, -0.2) is 35.0 Å². The summed E-state index contributed by atoms with van der Waals surface area (Å²) in [4.78, 5) is 25.6. The van der Waals surface area contributed by atoms with Crippen molar-refractivity contribution in [2.75, 3.05) is 0 Å². The molecule has 2 fully saturated rings. The molecular weight excluding hydrogens is 230 g/mol. The van der Waals surface area contributed by atoms with Gasteiger partial charge in [-0.3, -0.25) is 4.79 Å². The molecule has 2 saturated heterocycles. The summed E-state index contributed by atoms with van der Waals surface area (Å²) in [6.07, 6.45) is 5.89. The van der Waals surface area contributed by atoms with Gasteiger partial charge in [0.2, 0.25) is 0 Å². The number of nitrogens with zero attached hydrogens (tertiary/aromatic N) is 1. The molecule has 0 bridgehead atoms. The van der Waals surface area contributed by atoms with Gasteiger partial charge in [-0.25, -0.2) is 4.79 Å². The molecule has 0 aromatic heterocycles. The third-order valence-corrected chi connectivity index (χ3v) is 3.97. The highest BCUT2D eigenvalue weighted by Crippen LogP contribution is 2.31. The van der Waals surface area contributed by atoms with Crippen LogP contribution < -0.4 is 0 Å². The first kappa shape index (κ1) is 13.4. The van der Waals surface area contributed by atoms with E-state index in [-0.39, 0.29) is 24.3 Å². The number of rotatable bonds is 4. The first-order chi connectivity index (χ1) is 8.61. The minimum Gasteiger partial charge on any atom is -0.446 e. The Balaban J connectivity index is 2.03. The van der Waals surface area contributed by atoms with Crippen LogP contribution in [0.5, 0.6) is 0 Å². The fraction of sp³-hybridized carbons (Fsp3) is 0.857. The number of cyclic esters (lactones) is 1. The van der Waals surface area contributed by atoms with Crippen molar-refractivity contribution < 1.29 is 14.3 Å². The van der Waals surface area contributed by atoms with Gasteiger partial charge in [-0.1, -0.05) is 26.2 Å². The van der Waals surface area contributed by atoms with Crippen molar-refractivity contribution in [1.29, 1.82) is 0 Å². The standard InChI is InChI=1S/C14H23NO3/c1-3-4-5-6-11-8-13(16)9-12-7-10(2)18-14(17)15(11)12/h10-12H,3-9H2,1-2H3/t10-,11-,12-/m0/s1. The Hall–Kier alpha value is -1.06. The van der Waals surface area contributed by atoms with E-state index >= 15 is 0 Å². The second-order valence-electron chi connectivity index (χ2n) is 5.59. The maximum Gasteiger partial charge on any atom is 0.410 e. The Morgan fingerprint density at radius 2 is 2.06 bits per heavy atom. The Morgan fingerprint density at radius 1 is 1.28 bits per heavy atom. The average Bonchev–Trinajstić information content (AvgIpc) is 2.27. The molecule has 102 valence electrons. The number of Topliss-reactive ketones (excluding diaryl/α,β-unsaturated/α-hetero) is 1. The minimum atomic E-state index is -0.215. The van der Waals surface area contributed by atoms with Gasteiger partial charge in [0.15, 0.2) is 0 Å². The molecule has 0 aromatic carbocycles. The van der Waals surface area contributed by atoms with Gasteiger partial charge in [-0.2, -0.15) is 0 Å². The monoisotopic (exact) mass is 253 g/mol. The van der Waals surface area contributed by atoms with Crippen LogP contribution in [-0.2, 0) is 9.53 Å². The normalized spacial score (nSPS) is 32.1. The zero-order valence-electron chi connectivity index (χ0n) is 11.4. The molecule has 0 spiro atoms. The Bertz CT molecular complexity index is 329. The van der Waals surface area contributed by atoms with Crippen molar-refractivity contribution in [3.63, 3.8) is 0 Å². The first-order valence-electron chi connectivity index (χ1n) is 7.12. The molecule has 0 aliphatic carbocycles. The number of unbranched alkanes of at least 4 members (excludes halogenated alkanes) is 2. The van der Waals surface area contributed by atoms with Crippen LogP contribution in [0.3, 0.4) is 0 Å². The minimum absolute atomic E-state index is 0.0547. The van der Waals surface area contributed by atoms with Crippen molar-refractivity contribution in [2.24, 2.45) is 0 Å². The zero-order chi connectivity index (χ0) is 13.1. The molecule has 2 heterocycles. The number of fused-ring (bicyclic) bond motifs is 1. The van der Waals surface area contributed by atoms with Crippen molar-refractivity contribution in [3.05, 3.63) is 0 Å². The molecule has 0 aromatic rings. The lowest BCUT2D eigenvalue weighted by Gasteiger charge is -2.45. The molecule has 4 nitrogen and oxygen atoms in total. The zero-order valence-corrected chi connectivity index (χ0v) is 11.4. The van der Waals surface area contributed by atoms with E-state index in [1.807, 2.05) is 11.8 Å². The molecule has 2 rings (SSSR count). The number of ether oxygens (including phenoxy) is 1. The van der Waals surface area contributed by atoms with Crippen molar-refractivity contribution >= 4 is 11.9 Å². The summed E-state index contributed by atoms with van der Waals surface area (Å²) in [5, 5.41) is 0. The number of piperidine rings is 1. The number of hydrogen-bond acceptors (Lipinski definition) is 3. The topological polar surface area (TPSA) is 46.6 Å². The number of carbonyl (C=O) groups excluding carboxylic acids is 2. The van der Waals surface area contributed by atoms with Crippen LogP contribution in [0.4, 0.5) is 4.79 Å². The maximum atomic E-state index is 12.0. The molecule has 1 amide bonds. The third-order valence-electron chi connectivity index (χ3n) is 3.97. The van der Waals surface area contributed by atoms with Gasteiger partial charge >= 0.3 is 6.09 Å². The van der Waals surface area contributed by atoms with E-state index in [1.54, 1.807) is 0 Å². The molecular formula is C14H23NO3. The van der Waals surface area contributed by atoms with Gasteiger partial charge in [0.25, 0.3) is 0 Å². The number of hydrogen-bond donors (Lipinski definition) is 0. The Labute approximate surface area is 109 Å². The lowest BCUT2D eigenvalue weighted by atomic mass is 9.88. The van der Waals surface area contributed by atoms with Gasteiger partial charge in [0.05, 0.1) is 0 Å². The molecule has 0 unspecified atom stereocenters. The number of carbonyl (C=O) groups is 2. The van der Waals surface area contributed by atoms with Gasteiger partial charge in [0.1, 0.15) is 11.9 Å². The number of ketones is 1. The number of amides is 1. The predicted octanol–water partition coefficient (Wildman–Crippen LogP) is 2.90.